The van der Waals surface area contributed by atoms with Gasteiger partial charge in [0, 0.05) is 17.5 Å². The van der Waals surface area contributed by atoms with Crippen molar-refractivity contribution in [3.05, 3.63) is 70.5 Å². The fraction of sp³-hybridized carbons (Fsp3) is 0.370. The van der Waals surface area contributed by atoms with Gasteiger partial charge < -0.3 is 10.2 Å². The third-order valence-electron chi connectivity index (χ3n) is 6.69. The second kappa shape index (κ2) is 10.1. The first-order valence-electron chi connectivity index (χ1n) is 11.3. The summed E-state index contributed by atoms with van der Waals surface area (Å²) in [6.07, 6.45) is 7.88. The van der Waals surface area contributed by atoms with Crippen LogP contribution in [-0.2, 0) is 4.79 Å². The number of fused-ring (bicyclic) bond motifs is 1. The van der Waals surface area contributed by atoms with E-state index in [2.05, 4.69) is 53.9 Å². The van der Waals surface area contributed by atoms with Gasteiger partial charge in [-0.2, -0.15) is 0 Å². The molecule has 0 saturated carbocycles. The Morgan fingerprint density at radius 3 is 2.69 bits per heavy atom. The molecule has 2 aromatic rings. The fourth-order valence-electron chi connectivity index (χ4n) is 4.79. The number of thioether (sulfide) groups is 1. The van der Waals surface area contributed by atoms with Gasteiger partial charge in [0.25, 0.3) is 0 Å². The molecule has 1 saturated heterocycles. The lowest BCUT2D eigenvalue weighted by atomic mass is 10.0. The number of amides is 1. The Labute approximate surface area is 194 Å². The number of hydrogen-bond acceptors (Lipinski definition) is 3. The molecule has 2 aromatic carbocycles. The molecule has 1 unspecified atom stereocenters. The molecule has 1 heterocycles. The number of carbonyl (C=O) groups excluding carboxylic acids is 1. The van der Waals surface area contributed by atoms with E-state index in [1.54, 1.807) is 17.8 Å². The molecule has 2 aliphatic rings. The molecule has 0 radical (unpaired) electrons. The van der Waals surface area contributed by atoms with Crippen LogP contribution >= 0.6 is 11.8 Å². The highest BCUT2D eigenvalue weighted by atomic mass is 32.2. The molecule has 1 amide bonds. The summed E-state index contributed by atoms with van der Waals surface area (Å²) in [5, 5.41) is 3.08. The molecule has 1 fully saturated rings. The van der Waals surface area contributed by atoms with Gasteiger partial charge in [0.2, 0.25) is 5.91 Å². The van der Waals surface area contributed by atoms with Crippen LogP contribution in [0.5, 0.6) is 0 Å². The van der Waals surface area contributed by atoms with E-state index in [1.165, 1.54) is 23.8 Å². The molecule has 0 bridgehead atoms. The topological polar surface area (TPSA) is 32.3 Å². The highest BCUT2D eigenvalue weighted by molar-refractivity contribution is 7.98. The van der Waals surface area contributed by atoms with Crippen molar-refractivity contribution in [3.8, 4) is 0 Å². The average molecular weight is 451 g/mol. The fourth-order valence-corrected chi connectivity index (χ4v) is 5.20. The van der Waals surface area contributed by atoms with E-state index in [0.717, 1.165) is 46.4 Å². The Hall–Kier alpha value is -2.37. The van der Waals surface area contributed by atoms with E-state index in [-0.39, 0.29) is 18.1 Å². The van der Waals surface area contributed by atoms with E-state index < -0.39 is 0 Å². The van der Waals surface area contributed by atoms with Gasteiger partial charge in [-0.15, -0.1) is 11.8 Å². The summed E-state index contributed by atoms with van der Waals surface area (Å²) >= 11 is 1.71. The van der Waals surface area contributed by atoms with Gasteiger partial charge in [-0.1, -0.05) is 18.2 Å². The van der Waals surface area contributed by atoms with Gasteiger partial charge in [0.1, 0.15) is 5.82 Å². The van der Waals surface area contributed by atoms with Crippen LogP contribution in [0.4, 0.5) is 4.39 Å². The lowest BCUT2D eigenvalue weighted by Crippen LogP contribution is -2.31. The normalized spacial score (nSPS) is 19.6. The van der Waals surface area contributed by atoms with Gasteiger partial charge in [0.15, 0.2) is 0 Å². The second-order valence-corrected chi connectivity index (χ2v) is 9.60. The van der Waals surface area contributed by atoms with E-state index in [9.17, 15) is 9.18 Å². The van der Waals surface area contributed by atoms with Crippen LogP contribution in [0.1, 0.15) is 49.3 Å². The van der Waals surface area contributed by atoms with Crippen molar-refractivity contribution >= 4 is 34.9 Å². The molecule has 1 N–H and O–H groups in total. The molecule has 1 atom stereocenters. The Balaban J connectivity index is 1.52. The maximum absolute atomic E-state index is 14.1. The molecule has 5 heteroatoms. The predicted octanol–water partition coefficient (Wildman–Crippen LogP) is 5.87. The van der Waals surface area contributed by atoms with Crippen LogP contribution < -0.4 is 5.32 Å². The zero-order valence-electron chi connectivity index (χ0n) is 19.1. The smallest absolute Gasteiger partial charge is 0.224 e. The summed E-state index contributed by atoms with van der Waals surface area (Å²) in [4.78, 5) is 16.3. The summed E-state index contributed by atoms with van der Waals surface area (Å²) in [7, 11) is 2.15. The molecule has 4 rings (SSSR count). The number of carbonyl (C=O) groups is 1. The minimum Gasteiger partial charge on any atom is -0.356 e. The molecule has 168 valence electrons. The molecule has 32 heavy (non-hydrogen) atoms. The van der Waals surface area contributed by atoms with Crippen molar-refractivity contribution in [2.24, 2.45) is 0 Å². The Bertz CT molecular complexity index is 1060. The number of allylic oxidation sites excluding steroid dienone is 2. The Morgan fingerprint density at radius 2 is 2.00 bits per heavy atom. The molecular weight excluding hydrogens is 419 g/mol. The van der Waals surface area contributed by atoms with Crippen molar-refractivity contribution in [1.82, 2.24) is 10.2 Å². The Kier molecular flexibility index (Phi) is 7.17. The van der Waals surface area contributed by atoms with Crippen LogP contribution in [0.3, 0.4) is 0 Å². The van der Waals surface area contributed by atoms with Crippen molar-refractivity contribution in [3.63, 3.8) is 0 Å². The zero-order valence-corrected chi connectivity index (χ0v) is 19.9. The largest absolute Gasteiger partial charge is 0.356 e. The van der Waals surface area contributed by atoms with E-state index in [0.29, 0.717) is 12.6 Å². The van der Waals surface area contributed by atoms with Gasteiger partial charge in [-0.25, -0.2) is 4.39 Å². The summed E-state index contributed by atoms with van der Waals surface area (Å²) in [5.41, 5.74) is 5.95. The summed E-state index contributed by atoms with van der Waals surface area (Å²) < 4.78 is 14.1. The standard InChI is InChI=1S/C27H31FN2OS/c1-18-24(15-19-6-9-22(32-3)10-7-19)23-11-8-20(28)16-26(23)25(18)17-27(31)29-13-12-21-5-4-14-30(21)2/h6-11,15-16,21H,4-5,12-14,17H2,1-3H3,(H,29,31)/b24-15-. The summed E-state index contributed by atoms with van der Waals surface area (Å²) in [5.74, 6) is -0.273. The molecule has 0 aromatic heterocycles. The van der Waals surface area contributed by atoms with Crippen molar-refractivity contribution in [2.75, 3.05) is 26.4 Å². The van der Waals surface area contributed by atoms with Crippen molar-refractivity contribution < 1.29 is 9.18 Å². The van der Waals surface area contributed by atoms with Gasteiger partial charge in [-0.3, -0.25) is 4.79 Å². The van der Waals surface area contributed by atoms with Gasteiger partial charge >= 0.3 is 0 Å². The maximum atomic E-state index is 14.1. The highest BCUT2D eigenvalue weighted by Gasteiger charge is 2.26. The second-order valence-electron chi connectivity index (χ2n) is 8.72. The van der Waals surface area contributed by atoms with E-state index in [4.69, 9.17) is 0 Å². The van der Waals surface area contributed by atoms with Crippen molar-refractivity contribution in [2.45, 2.75) is 43.5 Å². The van der Waals surface area contributed by atoms with Gasteiger partial charge in [0.05, 0.1) is 6.42 Å². The Morgan fingerprint density at radius 1 is 1.22 bits per heavy atom. The molecule has 1 aliphatic heterocycles. The molecular formula is C27H31FN2OS. The monoisotopic (exact) mass is 450 g/mol. The minimum absolute atomic E-state index is 0.000727. The van der Waals surface area contributed by atoms with E-state index in [1.807, 2.05) is 13.0 Å². The van der Waals surface area contributed by atoms with Gasteiger partial charge in [-0.05, 0) is 110 Å². The van der Waals surface area contributed by atoms with Crippen LogP contribution in [0, 0.1) is 5.82 Å². The number of rotatable bonds is 7. The summed E-state index contributed by atoms with van der Waals surface area (Å²) in [6.45, 7) is 3.86. The SMILES string of the molecule is CSc1ccc(/C=C2/C(C)=C(CC(=O)NCCC3CCCN3C)c3cc(F)ccc32)cc1. The third-order valence-corrected chi connectivity index (χ3v) is 7.43. The number of likely N-dealkylation sites (tertiary alicyclic amines) is 1. The quantitative estimate of drug-likeness (QED) is 0.536. The van der Waals surface area contributed by atoms with Crippen LogP contribution in [0.15, 0.2) is 52.9 Å². The third kappa shape index (κ3) is 5.00. The van der Waals surface area contributed by atoms with Crippen LogP contribution in [-0.4, -0.2) is 43.2 Å². The number of nitrogens with one attached hydrogen (secondary N) is 1. The first-order chi connectivity index (χ1) is 15.5. The van der Waals surface area contributed by atoms with Crippen LogP contribution in [0.25, 0.3) is 17.2 Å². The van der Waals surface area contributed by atoms with E-state index >= 15 is 0 Å². The lowest BCUT2D eigenvalue weighted by molar-refractivity contribution is -0.120. The predicted molar refractivity (Wildman–Crippen MR) is 133 cm³/mol. The first kappa shape index (κ1) is 22.8. The molecule has 0 spiro atoms. The van der Waals surface area contributed by atoms with Crippen LogP contribution in [0.2, 0.25) is 0 Å². The molecule has 3 nitrogen and oxygen atoms in total. The molecule has 1 aliphatic carbocycles. The zero-order chi connectivity index (χ0) is 22.7. The van der Waals surface area contributed by atoms with Crippen molar-refractivity contribution in [1.29, 1.82) is 0 Å². The number of hydrogen-bond donors (Lipinski definition) is 1. The highest BCUT2D eigenvalue weighted by Crippen LogP contribution is 2.43. The number of halogens is 1. The first-order valence-corrected chi connectivity index (χ1v) is 12.5. The lowest BCUT2D eigenvalue weighted by Gasteiger charge is -2.19. The average Bonchev–Trinajstić information content (AvgIpc) is 3.30. The summed E-state index contributed by atoms with van der Waals surface area (Å²) in [6, 6.07) is 13.9. The minimum atomic E-state index is -0.274. The number of nitrogens with zero attached hydrogens (tertiary/aromatic N) is 1. The number of benzene rings is 2. The maximum Gasteiger partial charge on any atom is 0.224 e.